The number of nitro benzene ring substituents is 1. The Morgan fingerprint density at radius 2 is 1.70 bits per heavy atom. The number of nitro groups is 1. The fourth-order valence-corrected chi connectivity index (χ4v) is 6.03. The van der Waals surface area contributed by atoms with Gasteiger partial charge in [-0.25, -0.2) is 8.42 Å². The minimum Gasteiger partial charge on any atom is -0.320 e. The van der Waals surface area contributed by atoms with Gasteiger partial charge in [-0.2, -0.15) is 0 Å². The number of sulfone groups is 1. The van der Waals surface area contributed by atoms with Crippen molar-refractivity contribution in [2.45, 2.75) is 29.4 Å². The Labute approximate surface area is 195 Å². The Morgan fingerprint density at radius 3 is 2.33 bits per heavy atom. The summed E-state index contributed by atoms with van der Waals surface area (Å²) in [5.74, 6) is -0.480. The molecule has 168 valence electrons. The average molecular weight is 481 g/mol. The number of nitrogens with zero attached hydrogens (tertiary/aromatic N) is 1. The van der Waals surface area contributed by atoms with Gasteiger partial charge in [-0.3, -0.25) is 14.9 Å². The fourth-order valence-electron chi connectivity index (χ4n) is 3.53. The summed E-state index contributed by atoms with van der Waals surface area (Å²) in [4.78, 5) is 24.2. The van der Waals surface area contributed by atoms with Gasteiger partial charge in [0.2, 0.25) is 0 Å². The minimum absolute atomic E-state index is 0.0297. The summed E-state index contributed by atoms with van der Waals surface area (Å²) < 4.78 is 26.2. The third kappa shape index (κ3) is 4.84. The highest BCUT2D eigenvalue weighted by Gasteiger charge is 2.25. The molecular formula is C24H20N2O5S2. The standard InChI is InChI=1S/C24H20N2O5S2/c1-15-4-3-5-16(2)20(15)14-33(30,31)19-10-11-22-21(13-19)25-24(27)23(32-22)12-17-6-8-18(9-7-17)26(28)29/h3-13H,14H2,1-2H3,(H,25,27). The molecule has 7 nitrogen and oxygen atoms in total. The maximum absolute atomic E-state index is 13.1. The molecule has 3 aromatic rings. The predicted octanol–water partition coefficient (Wildman–Crippen LogP) is 5.27. The molecular weight excluding hydrogens is 460 g/mol. The molecule has 33 heavy (non-hydrogen) atoms. The van der Waals surface area contributed by atoms with Crippen LogP contribution in [0.1, 0.15) is 22.3 Å². The molecule has 0 saturated carbocycles. The molecule has 0 bridgehead atoms. The van der Waals surface area contributed by atoms with Gasteiger partial charge in [0, 0.05) is 17.0 Å². The van der Waals surface area contributed by atoms with Gasteiger partial charge in [0.1, 0.15) is 0 Å². The molecule has 1 N–H and O–H groups in total. The summed E-state index contributed by atoms with van der Waals surface area (Å²) in [6, 6.07) is 16.3. The van der Waals surface area contributed by atoms with Crippen LogP contribution in [0.5, 0.6) is 0 Å². The number of rotatable bonds is 5. The lowest BCUT2D eigenvalue weighted by molar-refractivity contribution is -0.384. The van der Waals surface area contributed by atoms with Crippen molar-refractivity contribution in [1.82, 2.24) is 0 Å². The molecule has 0 fully saturated rings. The van der Waals surface area contributed by atoms with Crippen LogP contribution in [0.2, 0.25) is 0 Å². The molecule has 4 rings (SSSR count). The first kappa shape index (κ1) is 22.8. The lowest BCUT2D eigenvalue weighted by Crippen LogP contribution is -2.18. The van der Waals surface area contributed by atoms with Gasteiger partial charge < -0.3 is 5.32 Å². The zero-order valence-corrected chi connectivity index (χ0v) is 19.5. The van der Waals surface area contributed by atoms with Gasteiger partial charge in [-0.05, 0) is 72.5 Å². The van der Waals surface area contributed by atoms with Crippen LogP contribution >= 0.6 is 11.8 Å². The van der Waals surface area contributed by atoms with E-state index in [1.807, 2.05) is 32.0 Å². The number of fused-ring (bicyclic) bond motifs is 1. The molecule has 0 unspecified atom stereocenters. The normalized spacial score (nSPS) is 14.6. The van der Waals surface area contributed by atoms with E-state index in [9.17, 15) is 23.3 Å². The Morgan fingerprint density at radius 1 is 1.03 bits per heavy atom. The van der Waals surface area contributed by atoms with E-state index < -0.39 is 14.8 Å². The smallest absolute Gasteiger partial charge is 0.269 e. The Bertz CT molecular complexity index is 1390. The predicted molar refractivity (Wildman–Crippen MR) is 129 cm³/mol. The molecule has 0 saturated heterocycles. The summed E-state index contributed by atoms with van der Waals surface area (Å²) in [6.45, 7) is 3.78. The molecule has 0 aromatic heterocycles. The molecule has 1 aliphatic heterocycles. The van der Waals surface area contributed by atoms with Crippen molar-refractivity contribution < 1.29 is 18.1 Å². The van der Waals surface area contributed by atoms with E-state index in [1.165, 1.54) is 30.0 Å². The van der Waals surface area contributed by atoms with Crippen molar-refractivity contribution in [3.05, 3.63) is 97.9 Å². The van der Waals surface area contributed by atoms with Crippen molar-refractivity contribution in [3.63, 3.8) is 0 Å². The summed E-state index contributed by atoms with van der Waals surface area (Å²) >= 11 is 1.22. The number of anilines is 1. The quantitative estimate of drug-likeness (QED) is 0.303. The number of benzene rings is 3. The minimum atomic E-state index is -3.61. The fraction of sp³-hybridized carbons (Fsp3) is 0.125. The van der Waals surface area contributed by atoms with Crippen LogP contribution in [0, 0.1) is 24.0 Å². The highest BCUT2D eigenvalue weighted by molar-refractivity contribution is 8.04. The number of thioether (sulfide) groups is 1. The topological polar surface area (TPSA) is 106 Å². The first-order valence-electron chi connectivity index (χ1n) is 10.0. The molecule has 9 heteroatoms. The molecule has 0 aliphatic carbocycles. The SMILES string of the molecule is Cc1cccc(C)c1CS(=O)(=O)c1ccc2c(c1)NC(=O)C(=Cc1ccc([N+](=O)[O-])cc1)S2. The second-order valence-electron chi connectivity index (χ2n) is 7.70. The van der Waals surface area contributed by atoms with Gasteiger partial charge in [0.25, 0.3) is 11.6 Å². The van der Waals surface area contributed by atoms with Crippen LogP contribution in [0.3, 0.4) is 0 Å². The van der Waals surface area contributed by atoms with E-state index in [0.717, 1.165) is 16.7 Å². The number of amides is 1. The van der Waals surface area contributed by atoms with E-state index in [4.69, 9.17) is 0 Å². The summed E-state index contributed by atoms with van der Waals surface area (Å²) in [7, 11) is -3.61. The zero-order chi connectivity index (χ0) is 23.8. The van der Waals surface area contributed by atoms with Gasteiger partial charge in [-0.1, -0.05) is 30.0 Å². The molecule has 0 radical (unpaired) electrons. The number of non-ortho nitro benzene ring substituents is 1. The Balaban J connectivity index is 1.59. The lowest BCUT2D eigenvalue weighted by Gasteiger charge is -2.20. The number of hydrogen-bond donors (Lipinski definition) is 1. The highest BCUT2D eigenvalue weighted by atomic mass is 32.2. The number of carbonyl (C=O) groups excluding carboxylic acids is 1. The maximum atomic E-state index is 13.1. The van der Waals surface area contributed by atoms with Crippen LogP contribution in [0.4, 0.5) is 11.4 Å². The molecule has 3 aromatic carbocycles. The van der Waals surface area contributed by atoms with Gasteiger partial charge in [0.05, 0.1) is 26.2 Å². The number of aryl methyl sites for hydroxylation is 2. The van der Waals surface area contributed by atoms with Gasteiger partial charge in [0.15, 0.2) is 9.84 Å². The summed E-state index contributed by atoms with van der Waals surface area (Å²) in [6.07, 6.45) is 1.64. The zero-order valence-electron chi connectivity index (χ0n) is 17.9. The Hall–Kier alpha value is -3.43. The van der Waals surface area contributed by atoms with Crippen LogP contribution in [0.25, 0.3) is 6.08 Å². The molecule has 1 aliphatic rings. The second kappa shape index (κ2) is 8.84. The number of carbonyl (C=O) groups is 1. The molecule has 0 atom stereocenters. The summed E-state index contributed by atoms with van der Waals surface area (Å²) in [5, 5.41) is 13.6. The second-order valence-corrected chi connectivity index (χ2v) is 10.8. The van der Waals surface area contributed by atoms with E-state index in [0.29, 0.717) is 21.1 Å². The van der Waals surface area contributed by atoms with Gasteiger partial charge in [-0.15, -0.1) is 0 Å². The number of hydrogen-bond acceptors (Lipinski definition) is 6. The van der Waals surface area contributed by atoms with Crippen LogP contribution < -0.4 is 5.32 Å². The van der Waals surface area contributed by atoms with E-state index in [2.05, 4.69) is 5.32 Å². The third-order valence-electron chi connectivity index (χ3n) is 5.38. The van der Waals surface area contributed by atoms with Crippen molar-refractivity contribution in [1.29, 1.82) is 0 Å². The number of nitrogens with one attached hydrogen (secondary N) is 1. The van der Waals surface area contributed by atoms with Crippen molar-refractivity contribution >= 4 is 45.0 Å². The van der Waals surface area contributed by atoms with E-state index in [-0.39, 0.29) is 22.2 Å². The molecule has 0 spiro atoms. The first-order valence-corrected chi connectivity index (χ1v) is 12.5. The Kier molecular flexibility index (Phi) is 6.09. The third-order valence-corrected chi connectivity index (χ3v) is 8.12. The molecule has 1 heterocycles. The monoisotopic (exact) mass is 480 g/mol. The van der Waals surface area contributed by atoms with E-state index in [1.54, 1.807) is 30.3 Å². The van der Waals surface area contributed by atoms with Crippen LogP contribution in [-0.4, -0.2) is 19.2 Å². The van der Waals surface area contributed by atoms with Crippen molar-refractivity contribution in [2.24, 2.45) is 0 Å². The van der Waals surface area contributed by atoms with Crippen molar-refractivity contribution in [3.8, 4) is 0 Å². The maximum Gasteiger partial charge on any atom is 0.269 e. The van der Waals surface area contributed by atoms with Gasteiger partial charge >= 0.3 is 0 Å². The largest absolute Gasteiger partial charge is 0.320 e. The average Bonchev–Trinajstić information content (AvgIpc) is 2.77. The van der Waals surface area contributed by atoms with Crippen LogP contribution in [-0.2, 0) is 20.4 Å². The van der Waals surface area contributed by atoms with E-state index >= 15 is 0 Å². The summed E-state index contributed by atoms with van der Waals surface area (Å²) in [5.41, 5.74) is 3.67. The first-order chi connectivity index (χ1) is 15.6. The lowest BCUT2D eigenvalue weighted by atomic mass is 10.1. The van der Waals surface area contributed by atoms with Crippen molar-refractivity contribution in [2.75, 3.05) is 5.32 Å². The highest BCUT2D eigenvalue weighted by Crippen LogP contribution is 2.40. The van der Waals surface area contributed by atoms with Crippen LogP contribution in [0.15, 0.2) is 75.4 Å². The molecule has 1 amide bonds.